The van der Waals surface area contributed by atoms with Crippen molar-refractivity contribution in [3.05, 3.63) is 12.7 Å². The molecule has 4 nitrogen and oxygen atoms in total. The van der Waals surface area contributed by atoms with Crippen molar-refractivity contribution in [2.45, 2.75) is 51.4 Å². The van der Waals surface area contributed by atoms with Crippen LogP contribution < -0.4 is 29.6 Å². The SMILES string of the molecule is C=CCCCCCCCCCOS(=O)(=O)CCO.[Na+]. The monoisotopic (exact) mass is 301 g/mol. The first-order chi connectivity index (χ1) is 8.62. The molecule has 0 aliphatic heterocycles. The summed E-state index contributed by atoms with van der Waals surface area (Å²) < 4.78 is 26.9. The molecule has 0 amide bonds. The third-order valence-corrected chi connectivity index (χ3v) is 3.87. The maximum absolute atomic E-state index is 11.1. The van der Waals surface area contributed by atoms with Crippen molar-refractivity contribution in [1.82, 2.24) is 0 Å². The Hall–Kier alpha value is 0.610. The van der Waals surface area contributed by atoms with Crippen molar-refractivity contribution in [3.8, 4) is 0 Å². The predicted molar refractivity (Wildman–Crippen MR) is 74.0 cm³/mol. The van der Waals surface area contributed by atoms with Gasteiger partial charge in [-0.25, -0.2) is 0 Å². The van der Waals surface area contributed by atoms with Gasteiger partial charge < -0.3 is 5.11 Å². The number of allylic oxidation sites excluding steroid dienone is 1. The van der Waals surface area contributed by atoms with E-state index in [1.54, 1.807) is 0 Å². The van der Waals surface area contributed by atoms with E-state index in [0.717, 1.165) is 25.7 Å². The normalized spacial score (nSPS) is 11.0. The van der Waals surface area contributed by atoms with Gasteiger partial charge in [0.05, 0.1) is 19.0 Å². The first-order valence-corrected chi connectivity index (χ1v) is 8.29. The number of unbranched alkanes of at least 4 members (excludes halogenated alkanes) is 7. The number of hydrogen-bond acceptors (Lipinski definition) is 4. The van der Waals surface area contributed by atoms with E-state index in [0.29, 0.717) is 0 Å². The molecule has 0 aromatic heterocycles. The maximum Gasteiger partial charge on any atom is 1.00 e. The van der Waals surface area contributed by atoms with Gasteiger partial charge in [-0.15, -0.1) is 6.58 Å². The standard InChI is InChI=1S/C13H26O4S.Na/c1-2-3-4-5-6-7-8-9-10-12-17-18(15,16)13-11-14;/h2,14H,1,3-13H2;/q;+1. The van der Waals surface area contributed by atoms with Gasteiger partial charge in [-0.2, -0.15) is 8.42 Å². The van der Waals surface area contributed by atoms with Crippen LogP contribution in [0.4, 0.5) is 0 Å². The predicted octanol–water partition coefficient (Wildman–Crippen LogP) is -0.364. The van der Waals surface area contributed by atoms with E-state index in [-0.39, 0.29) is 48.5 Å². The third kappa shape index (κ3) is 16.6. The first-order valence-electron chi connectivity index (χ1n) is 6.71. The minimum atomic E-state index is -3.50. The molecule has 0 heterocycles. The van der Waals surface area contributed by atoms with Gasteiger partial charge in [-0.1, -0.05) is 38.2 Å². The van der Waals surface area contributed by atoms with Crippen LogP contribution in [-0.4, -0.2) is 32.5 Å². The molecule has 0 spiro atoms. The van der Waals surface area contributed by atoms with E-state index in [9.17, 15) is 8.42 Å². The largest absolute Gasteiger partial charge is 1.00 e. The van der Waals surface area contributed by atoms with Crippen molar-refractivity contribution < 1.29 is 47.3 Å². The van der Waals surface area contributed by atoms with Gasteiger partial charge >= 0.3 is 29.6 Å². The van der Waals surface area contributed by atoms with Crippen LogP contribution in [0, 0.1) is 0 Å². The summed E-state index contributed by atoms with van der Waals surface area (Å²) >= 11 is 0. The molecular weight excluding hydrogens is 275 g/mol. The number of aliphatic hydroxyl groups is 1. The summed E-state index contributed by atoms with van der Waals surface area (Å²) in [6.07, 6.45) is 10.8. The van der Waals surface area contributed by atoms with Gasteiger partial charge in [-0.3, -0.25) is 4.18 Å². The summed E-state index contributed by atoms with van der Waals surface area (Å²) in [6.45, 7) is 3.54. The zero-order chi connectivity index (χ0) is 13.7. The van der Waals surface area contributed by atoms with Gasteiger partial charge in [0.1, 0.15) is 0 Å². The van der Waals surface area contributed by atoms with Crippen LogP contribution in [0.1, 0.15) is 51.4 Å². The first kappa shape index (κ1) is 21.9. The molecule has 1 N–H and O–H groups in total. The van der Waals surface area contributed by atoms with Crippen LogP contribution >= 0.6 is 0 Å². The van der Waals surface area contributed by atoms with Crippen molar-refractivity contribution in [1.29, 1.82) is 0 Å². The Morgan fingerprint density at radius 3 is 2.05 bits per heavy atom. The van der Waals surface area contributed by atoms with Gasteiger partial charge in [0, 0.05) is 0 Å². The second kappa shape index (κ2) is 15.0. The molecule has 0 bridgehead atoms. The zero-order valence-corrected chi connectivity index (χ0v) is 15.0. The molecule has 6 heteroatoms. The second-order valence-corrected chi connectivity index (χ2v) is 6.12. The van der Waals surface area contributed by atoms with E-state index in [1.165, 1.54) is 25.7 Å². The molecule has 19 heavy (non-hydrogen) atoms. The Labute approximate surface area is 140 Å². The molecular formula is C13H26NaO4S+. The fourth-order valence-electron chi connectivity index (χ4n) is 1.63. The van der Waals surface area contributed by atoms with Crippen LogP contribution in [0.3, 0.4) is 0 Å². The summed E-state index contributed by atoms with van der Waals surface area (Å²) in [6, 6.07) is 0. The van der Waals surface area contributed by atoms with Crippen LogP contribution in [-0.2, 0) is 14.3 Å². The average molecular weight is 301 g/mol. The van der Waals surface area contributed by atoms with Crippen molar-refractivity contribution in [3.63, 3.8) is 0 Å². The number of aliphatic hydroxyl groups excluding tert-OH is 1. The molecule has 0 saturated carbocycles. The molecule has 0 radical (unpaired) electrons. The molecule has 0 fully saturated rings. The van der Waals surface area contributed by atoms with E-state index < -0.39 is 10.1 Å². The molecule has 0 rings (SSSR count). The van der Waals surface area contributed by atoms with Crippen molar-refractivity contribution >= 4 is 10.1 Å². The number of rotatable bonds is 13. The molecule has 0 unspecified atom stereocenters. The van der Waals surface area contributed by atoms with Gasteiger partial charge in [0.15, 0.2) is 0 Å². The van der Waals surface area contributed by atoms with Crippen LogP contribution in [0.5, 0.6) is 0 Å². The van der Waals surface area contributed by atoms with E-state index in [1.807, 2.05) is 6.08 Å². The fourth-order valence-corrected chi connectivity index (χ4v) is 2.34. The molecule has 0 aliphatic carbocycles. The number of hydrogen-bond donors (Lipinski definition) is 1. The third-order valence-electron chi connectivity index (χ3n) is 2.66. The summed E-state index contributed by atoms with van der Waals surface area (Å²) in [5, 5.41) is 8.50. The molecule has 0 saturated heterocycles. The van der Waals surface area contributed by atoms with Gasteiger partial charge in [0.2, 0.25) is 0 Å². The molecule has 0 aromatic rings. The second-order valence-electron chi connectivity index (χ2n) is 4.36. The van der Waals surface area contributed by atoms with Crippen LogP contribution in [0.15, 0.2) is 12.7 Å². The average Bonchev–Trinajstić information content (AvgIpc) is 2.31. The quantitative estimate of drug-likeness (QED) is 0.218. The van der Waals surface area contributed by atoms with Gasteiger partial charge in [-0.05, 0) is 19.3 Å². The van der Waals surface area contributed by atoms with Gasteiger partial charge in [0.25, 0.3) is 10.1 Å². The van der Waals surface area contributed by atoms with Crippen LogP contribution in [0.25, 0.3) is 0 Å². The Kier molecular flexibility index (Phi) is 17.3. The fraction of sp³-hybridized carbons (Fsp3) is 0.846. The van der Waals surface area contributed by atoms with Crippen molar-refractivity contribution in [2.75, 3.05) is 19.0 Å². The minimum absolute atomic E-state index is 0. The maximum atomic E-state index is 11.1. The topological polar surface area (TPSA) is 63.6 Å². The Morgan fingerprint density at radius 2 is 1.53 bits per heavy atom. The summed E-state index contributed by atoms with van der Waals surface area (Å²) in [5.41, 5.74) is 0. The van der Waals surface area contributed by atoms with Crippen LogP contribution in [0.2, 0.25) is 0 Å². The van der Waals surface area contributed by atoms with E-state index in [2.05, 4.69) is 6.58 Å². The Balaban J connectivity index is 0. The smallest absolute Gasteiger partial charge is 0.395 e. The summed E-state index contributed by atoms with van der Waals surface area (Å²) in [5.74, 6) is -0.309. The summed E-state index contributed by atoms with van der Waals surface area (Å²) in [4.78, 5) is 0. The molecule has 0 atom stereocenters. The molecule has 0 aromatic carbocycles. The summed E-state index contributed by atoms with van der Waals surface area (Å²) in [7, 11) is -3.50. The zero-order valence-electron chi connectivity index (χ0n) is 12.1. The molecule has 108 valence electrons. The van der Waals surface area contributed by atoms with Crippen molar-refractivity contribution in [2.24, 2.45) is 0 Å². The Bertz CT molecular complexity index is 291. The minimum Gasteiger partial charge on any atom is -0.395 e. The Morgan fingerprint density at radius 1 is 1.00 bits per heavy atom. The molecule has 0 aliphatic rings. The van der Waals surface area contributed by atoms with E-state index in [4.69, 9.17) is 9.29 Å². The van der Waals surface area contributed by atoms with E-state index >= 15 is 0 Å².